The fourth-order valence-corrected chi connectivity index (χ4v) is 5.55. The number of nitro benzene ring substituents is 1. The Morgan fingerprint density at radius 1 is 0.907 bits per heavy atom. The van der Waals surface area contributed by atoms with E-state index in [-0.39, 0.29) is 18.2 Å². The van der Waals surface area contributed by atoms with Crippen LogP contribution in [0.4, 0.5) is 5.69 Å². The zero-order valence-corrected chi connectivity index (χ0v) is 24.4. The van der Waals surface area contributed by atoms with E-state index >= 15 is 0 Å². The van der Waals surface area contributed by atoms with Crippen molar-refractivity contribution in [1.82, 2.24) is 20.1 Å². The van der Waals surface area contributed by atoms with Gasteiger partial charge in [-0.25, -0.2) is 0 Å². The number of non-ortho nitro benzene ring substituents is 1. The van der Waals surface area contributed by atoms with E-state index in [0.717, 1.165) is 22.3 Å². The number of nitrogens with zero attached hydrogens (tertiary/aromatic N) is 4. The Morgan fingerprint density at radius 2 is 1.58 bits per heavy atom. The fourth-order valence-electron chi connectivity index (χ4n) is 4.64. The smallest absolute Gasteiger partial charge is 0.269 e. The van der Waals surface area contributed by atoms with E-state index in [4.69, 9.17) is 4.74 Å². The number of amides is 1. The fraction of sp³-hybridized carbons (Fsp3) is 0.182. The van der Waals surface area contributed by atoms with Crippen LogP contribution in [0.1, 0.15) is 34.1 Å². The molecule has 1 atom stereocenters. The molecule has 10 heteroatoms. The summed E-state index contributed by atoms with van der Waals surface area (Å²) in [6, 6.07) is 33.4. The number of hydrogen-bond donors (Lipinski definition) is 1. The maximum atomic E-state index is 13.2. The lowest BCUT2D eigenvalue weighted by Crippen LogP contribution is -2.34. The first-order chi connectivity index (χ1) is 21.0. The van der Waals surface area contributed by atoms with E-state index in [1.54, 1.807) is 12.1 Å². The lowest BCUT2D eigenvalue weighted by atomic mass is 10.0. The van der Waals surface area contributed by atoms with Crippen LogP contribution >= 0.6 is 11.8 Å². The van der Waals surface area contributed by atoms with E-state index in [1.165, 1.54) is 23.9 Å². The Morgan fingerprint density at radius 3 is 2.26 bits per heavy atom. The highest BCUT2D eigenvalue weighted by molar-refractivity contribution is 7.98. The molecule has 0 spiro atoms. The largest absolute Gasteiger partial charge is 0.367 e. The molecule has 1 amide bonds. The first kappa shape index (κ1) is 29.7. The van der Waals surface area contributed by atoms with Crippen LogP contribution in [0.3, 0.4) is 0 Å². The van der Waals surface area contributed by atoms with Gasteiger partial charge in [0, 0.05) is 23.6 Å². The van der Waals surface area contributed by atoms with E-state index in [2.05, 4.69) is 27.6 Å². The first-order valence-electron chi connectivity index (χ1n) is 13.8. The van der Waals surface area contributed by atoms with Crippen LogP contribution in [0.15, 0.2) is 114 Å². The molecule has 5 rings (SSSR count). The Balaban J connectivity index is 1.45. The van der Waals surface area contributed by atoms with Crippen LogP contribution in [-0.2, 0) is 28.3 Å². The molecular weight excluding hydrogens is 562 g/mol. The molecule has 0 saturated carbocycles. The molecule has 43 heavy (non-hydrogen) atoms. The van der Waals surface area contributed by atoms with Crippen molar-refractivity contribution in [2.45, 2.75) is 36.9 Å². The number of benzene rings is 4. The molecular formula is C33H31N5O4S. The molecule has 1 N–H and O–H groups in total. The summed E-state index contributed by atoms with van der Waals surface area (Å²) >= 11 is 1.51. The van der Waals surface area contributed by atoms with Gasteiger partial charge in [-0.1, -0.05) is 102 Å². The highest BCUT2D eigenvalue weighted by Gasteiger charge is 2.25. The summed E-state index contributed by atoms with van der Waals surface area (Å²) in [7, 11) is 0. The number of aromatic nitrogens is 3. The van der Waals surface area contributed by atoms with Crippen LogP contribution in [0, 0.1) is 17.0 Å². The van der Waals surface area contributed by atoms with Crippen molar-refractivity contribution in [1.29, 1.82) is 0 Å². The van der Waals surface area contributed by atoms with E-state index in [0.29, 0.717) is 35.4 Å². The summed E-state index contributed by atoms with van der Waals surface area (Å²) < 4.78 is 7.56. The summed E-state index contributed by atoms with van der Waals surface area (Å²) in [5, 5.41) is 24.1. The monoisotopic (exact) mass is 593 g/mol. The number of carbonyl (C=O) groups is 1. The SMILES string of the molecule is Cc1cccc(CSc2nnc(C(Cc3ccccc3)NC(=O)COCc3ccccc3)n2-c2ccc([N+](=O)[O-])cc2)c1. The maximum Gasteiger partial charge on any atom is 0.269 e. The van der Waals surface area contributed by atoms with Crippen molar-refractivity contribution in [3.05, 3.63) is 147 Å². The molecule has 0 aliphatic heterocycles. The Kier molecular flexibility index (Phi) is 9.94. The second kappa shape index (κ2) is 14.4. The van der Waals surface area contributed by atoms with Crippen LogP contribution in [-0.4, -0.2) is 32.2 Å². The predicted octanol–water partition coefficient (Wildman–Crippen LogP) is 6.39. The van der Waals surface area contributed by atoms with Crippen LogP contribution in [0.2, 0.25) is 0 Å². The number of nitrogens with one attached hydrogen (secondary N) is 1. The van der Waals surface area contributed by atoms with Crippen LogP contribution in [0.25, 0.3) is 5.69 Å². The highest BCUT2D eigenvalue weighted by atomic mass is 32.2. The van der Waals surface area contributed by atoms with Gasteiger partial charge in [0.15, 0.2) is 11.0 Å². The van der Waals surface area contributed by atoms with Crippen LogP contribution < -0.4 is 5.32 Å². The van der Waals surface area contributed by atoms with Crippen molar-refractivity contribution in [2.24, 2.45) is 0 Å². The van der Waals surface area contributed by atoms with Gasteiger partial charge in [-0.2, -0.15) is 0 Å². The molecule has 218 valence electrons. The average Bonchev–Trinajstić information content (AvgIpc) is 3.45. The number of ether oxygens (including phenoxy) is 1. The molecule has 5 aromatic rings. The Labute approximate surface area is 254 Å². The molecule has 1 unspecified atom stereocenters. The zero-order valence-electron chi connectivity index (χ0n) is 23.6. The summed E-state index contributed by atoms with van der Waals surface area (Å²) in [5.41, 5.74) is 4.92. The third kappa shape index (κ3) is 8.15. The van der Waals surface area contributed by atoms with E-state index < -0.39 is 11.0 Å². The molecule has 1 heterocycles. The van der Waals surface area contributed by atoms with Crippen molar-refractivity contribution in [2.75, 3.05) is 6.61 Å². The topological polar surface area (TPSA) is 112 Å². The number of nitro groups is 1. The van der Waals surface area contributed by atoms with Crippen molar-refractivity contribution < 1.29 is 14.5 Å². The first-order valence-corrected chi connectivity index (χ1v) is 14.8. The van der Waals surface area contributed by atoms with Gasteiger partial charge in [-0.3, -0.25) is 19.5 Å². The van der Waals surface area contributed by atoms with Crippen molar-refractivity contribution >= 4 is 23.4 Å². The molecule has 0 radical (unpaired) electrons. The summed E-state index contributed by atoms with van der Waals surface area (Å²) in [6.45, 7) is 2.24. The second-order valence-electron chi connectivity index (χ2n) is 10.0. The number of carbonyl (C=O) groups excluding carboxylic acids is 1. The average molecular weight is 594 g/mol. The molecule has 0 aliphatic carbocycles. The molecule has 4 aromatic carbocycles. The number of aryl methyl sites for hydroxylation is 1. The molecule has 0 saturated heterocycles. The maximum absolute atomic E-state index is 13.2. The van der Waals surface area contributed by atoms with Gasteiger partial charge in [0.05, 0.1) is 17.6 Å². The van der Waals surface area contributed by atoms with Gasteiger partial charge in [-0.15, -0.1) is 10.2 Å². The van der Waals surface area contributed by atoms with Gasteiger partial charge in [0.1, 0.15) is 6.61 Å². The molecule has 0 fully saturated rings. The van der Waals surface area contributed by atoms with Crippen molar-refractivity contribution in [3.63, 3.8) is 0 Å². The van der Waals surface area contributed by atoms with Crippen LogP contribution in [0.5, 0.6) is 0 Å². The zero-order chi connectivity index (χ0) is 30.0. The van der Waals surface area contributed by atoms with Crippen molar-refractivity contribution in [3.8, 4) is 5.69 Å². The molecule has 0 bridgehead atoms. The Hall–Kier alpha value is -4.80. The standard InChI is InChI=1S/C33H31N5O4S/c1-24-9-8-14-27(19-24)23-43-33-36-35-32(37(33)28-15-17-29(18-16-28)38(40)41)30(20-25-10-4-2-5-11-25)34-31(39)22-42-21-26-12-6-3-7-13-26/h2-19,30H,20-23H2,1H3,(H,34,39). The number of hydrogen-bond acceptors (Lipinski definition) is 7. The predicted molar refractivity (Wildman–Crippen MR) is 166 cm³/mol. The van der Waals surface area contributed by atoms with Gasteiger partial charge in [0.2, 0.25) is 5.91 Å². The lowest BCUT2D eigenvalue weighted by molar-refractivity contribution is -0.384. The number of thioether (sulfide) groups is 1. The van der Waals surface area contributed by atoms with Gasteiger partial charge >= 0.3 is 0 Å². The minimum Gasteiger partial charge on any atom is -0.367 e. The third-order valence-corrected chi connectivity index (χ3v) is 7.70. The van der Waals surface area contributed by atoms with Gasteiger partial charge in [-0.05, 0) is 42.2 Å². The lowest BCUT2D eigenvalue weighted by Gasteiger charge is -2.20. The second-order valence-corrected chi connectivity index (χ2v) is 11.0. The summed E-state index contributed by atoms with van der Waals surface area (Å²) in [4.78, 5) is 24.1. The Bertz CT molecular complexity index is 1660. The quantitative estimate of drug-likeness (QED) is 0.0956. The normalized spacial score (nSPS) is 11.7. The minimum absolute atomic E-state index is 0.0166. The molecule has 9 nitrogen and oxygen atoms in total. The minimum atomic E-state index is -0.550. The molecule has 0 aliphatic rings. The van der Waals surface area contributed by atoms with Gasteiger partial charge in [0.25, 0.3) is 5.69 Å². The summed E-state index contributed by atoms with van der Waals surface area (Å²) in [5.74, 6) is 0.875. The highest BCUT2D eigenvalue weighted by Crippen LogP contribution is 2.30. The number of rotatable bonds is 13. The van der Waals surface area contributed by atoms with E-state index in [1.807, 2.05) is 84.3 Å². The summed E-state index contributed by atoms with van der Waals surface area (Å²) in [6.07, 6.45) is 0.457. The van der Waals surface area contributed by atoms with E-state index in [9.17, 15) is 14.9 Å². The molecule has 1 aromatic heterocycles. The third-order valence-electron chi connectivity index (χ3n) is 6.70. The van der Waals surface area contributed by atoms with Gasteiger partial charge < -0.3 is 10.1 Å².